The fraction of sp³-hybridized carbons (Fsp3) is 0.250. The van der Waals surface area contributed by atoms with Crippen molar-refractivity contribution < 1.29 is 17.9 Å². The van der Waals surface area contributed by atoms with Gasteiger partial charge in [0.15, 0.2) is 0 Å². The lowest BCUT2D eigenvalue weighted by atomic mass is 10.1. The SMILES string of the molecule is CS(=O)(=O)N1CCc2cc(C(=O)OCc3ccccn3)ccc21. The quantitative estimate of drug-likeness (QED) is 0.798. The second-order valence-corrected chi connectivity index (χ2v) is 7.23. The summed E-state index contributed by atoms with van der Waals surface area (Å²) in [4.78, 5) is 16.2. The lowest BCUT2D eigenvalue weighted by Crippen LogP contribution is -2.27. The van der Waals surface area contributed by atoms with Crippen LogP contribution >= 0.6 is 0 Å². The number of hydrogen-bond donors (Lipinski definition) is 0. The van der Waals surface area contributed by atoms with E-state index in [1.54, 1.807) is 36.5 Å². The van der Waals surface area contributed by atoms with E-state index >= 15 is 0 Å². The summed E-state index contributed by atoms with van der Waals surface area (Å²) in [5.41, 5.74) is 2.55. The van der Waals surface area contributed by atoms with Crippen LogP contribution in [0.1, 0.15) is 21.6 Å². The average molecular weight is 332 g/mol. The summed E-state index contributed by atoms with van der Waals surface area (Å²) in [6.45, 7) is 0.507. The Balaban J connectivity index is 1.74. The Morgan fingerprint density at radius 2 is 2.13 bits per heavy atom. The minimum atomic E-state index is -3.29. The van der Waals surface area contributed by atoms with E-state index in [-0.39, 0.29) is 6.61 Å². The Labute approximate surface area is 134 Å². The molecule has 1 aromatic heterocycles. The van der Waals surface area contributed by atoms with Crippen molar-refractivity contribution in [2.24, 2.45) is 0 Å². The molecule has 0 radical (unpaired) electrons. The molecule has 1 aromatic carbocycles. The number of carbonyl (C=O) groups is 1. The number of ether oxygens (including phenoxy) is 1. The zero-order valence-electron chi connectivity index (χ0n) is 12.6. The first-order valence-electron chi connectivity index (χ1n) is 7.13. The summed E-state index contributed by atoms with van der Waals surface area (Å²) in [7, 11) is -3.29. The molecule has 23 heavy (non-hydrogen) atoms. The van der Waals surface area contributed by atoms with Crippen LogP contribution in [0.4, 0.5) is 5.69 Å². The van der Waals surface area contributed by atoms with Crippen LogP contribution in [0.2, 0.25) is 0 Å². The van der Waals surface area contributed by atoms with E-state index in [2.05, 4.69) is 4.98 Å². The summed E-state index contributed by atoms with van der Waals surface area (Å²) in [6.07, 6.45) is 3.40. The fourth-order valence-electron chi connectivity index (χ4n) is 2.55. The molecule has 0 N–H and O–H groups in total. The van der Waals surface area contributed by atoms with E-state index in [1.165, 1.54) is 10.6 Å². The standard InChI is InChI=1S/C16H16N2O4S/c1-23(20,21)18-9-7-12-10-13(5-6-15(12)18)16(19)22-11-14-4-2-3-8-17-14/h2-6,8,10H,7,9,11H2,1H3. The molecule has 7 heteroatoms. The number of anilines is 1. The molecule has 120 valence electrons. The maximum absolute atomic E-state index is 12.1. The van der Waals surface area contributed by atoms with Crippen molar-refractivity contribution in [3.63, 3.8) is 0 Å². The lowest BCUT2D eigenvalue weighted by molar-refractivity contribution is 0.0467. The number of carbonyl (C=O) groups excluding carboxylic acids is 1. The summed E-state index contributed by atoms with van der Waals surface area (Å²) in [5, 5.41) is 0. The number of hydrogen-bond acceptors (Lipinski definition) is 5. The van der Waals surface area contributed by atoms with Gasteiger partial charge in [-0.3, -0.25) is 9.29 Å². The normalized spacial score (nSPS) is 13.7. The Hall–Kier alpha value is -2.41. The topological polar surface area (TPSA) is 76.6 Å². The van der Waals surface area contributed by atoms with Crippen LogP contribution in [0.5, 0.6) is 0 Å². The molecular weight excluding hydrogens is 316 g/mol. The van der Waals surface area contributed by atoms with Crippen molar-refractivity contribution in [1.82, 2.24) is 4.98 Å². The van der Waals surface area contributed by atoms with Crippen LogP contribution in [-0.4, -0.2) is 32.2 Å². The second kappa shape index (κ2) is 6.00. The largest absolute Gasteiger partial charge is 0.456 e. The zero-order chi connectivity index (χ0) is 16.4. The second-order valence-electron chi connectivity index (χ2n) is 5.33. The molecule has 1 aliphatic rings. The Bertz CT molecular complexity index is 834. The van der Waals surface area contributed by atoms with Crippen molar-refractivity contribution in [3.8, 4) is 0 Å². The summed E-state index contributed by atoms with van der Waals surface area (Å²) in [6, 6.07) is 10.3. The zero-order valence-corrected chi connectivity index (χ0v) is 13.4. The first-order valence-corrected chi connectivity index (χ1v) is 8.97. The van der Waals surface area contributed by atoms with Gasteiger partial charge in [0.1, 0.15) is 6.61 Å². The molecule has 0 amide bonds. The van der Waals surface area contributed by atoms with Crippen molar-refractivity contribution >= 4 is 21.7 Å². The molecule has 3 rings (SSSR count). The number of benzene rings is 1. The number of fused-ring (bicyclic) bond motifs is 1. The van der Waals surface area contributed by atoms with Gasteiger partial charge in [0.25, 0.3) is 0 Å². The van der Waals surface area contributed by atoms with Crippen molar-refractivity contribution in [1.29, 1.82) is 0 Å². The highest BCUT2D eigenvalue weighted by Crippen LogP contribution is 2.30. The monoisotopic (exact) mass is 332 g/mol. The molecule has 0 saturated carbocycles. The molecule has 2 heterocycles. The average Bonchev–Trinajstić information content (AvgIpc) is 2.96. The van der Waals surface area contributed by atoms with Gasteiger partial charge in [-0.15, -0.1) is 0 Å². The minimum Gasteiger partial charge on any atom is -0.456 e. The van der Waals surface area contributed by atoms with E-state index in [9.17, 15) is 13.2 Å². The van der Waals surface area contributed by atoms with Gasteiger partial charge in [-0.25, -0.2) is 13.2 Å². The fourth-order valence-corrected chi connectivity index (χ4v) is 3.51. The van der Waals surface area contributed by atoms with Gasteiger partial charge in [0.2, 0.25) is 10.0 Å². The van der Waals surface area contributed by atoms with Crippen LogP contribution in [0.3, 0.4) is 0 Å². The van der Waals surface area contributed by atoms with Gasteiger partial charge in [0.05, 0.1) is 23.2 Å². The van der Waals surface area contributed by atoms with Gasteiger partial charge < -0.3 is 4.74 Å². The van der Waals surface area contributed by atoms with E-state index in [0.717, 1.165) is 5.56 Å². The predicted molar refractivity (Wildman–Crippen MR) is 85.7 cm³/mol. The highest BCUT2D eigenvalue weighted by atomic mass is 32.2. The van der Waals surface area contributed by atoms with E-state index in [4.69, 9.17) is 4.74 Å². The van der Waals surface area contributed by atoms with Crippen LogP contribution in [0, 0.1) is 0 Å². The molecule has 0 fully saturated rings. The van der Waals surface area contributed by atoms with Crippen molar-refractivity contribution in [2.45, 2.75) is 13.0 Å². The summed E-state index contributed by atoms with van der Waals surface area (Å²) >= 11 is 0. The Morgan fingerprint density at radius 1 is 1.30 bits per heavy atom. The number of nitrogens with zero attached hydrogens (tertiary/aromatic N) is 2. The summed E-state index contributed by atoms with van der Waals surface area (Å²) in [5.74, 6) is -0.448. The maximum atomic E-state index is 12.1. The molecule has 0 unspecified atom stereocenters. The van der Waals surface area contributed by atoms with Gasteiger partial charge in [-0.2, -0.15) is 0 Å². The van der Waals surface area contributed by atoms with E-state index < -0.39 is 16.0 Å². The van der Waals surface area contributed by atoms with Gasteiger partial charge in [-0.05, 0) is 42.3 Å². The first kappa shape index (κ1) is 15.5. The van der Waals surface area contributed by atoms with Crippen LogP contribution in [0.25, 0.3) is 0 Å². The molecular formula is C16H16N2O4S. The van der Waals surface area contributed by atoms with Crippen molar-refractivity contribution in [3.05, 3.63) is 59.4 Å². The minimum absolute atomic E-state index is 0.103. The van der Waals surface area contributed by atoms with Crippen LogP contribution in [0.15, 0.2) is 42.6 Å². The van der Waals surface area contributed by atoms with E-state index in [0.29, 0.717) is 29.9 Å². The molecule has 2 aromatic rings. The third-order valence-corrected chi connectivity index (χ3v) is 4.83. The maximum Gasteiger partial charge on any atom is 0.338 e. The van der Waals surface area contributed by atoms with Gasteiger partial charge in [-0.1, -0.05) is 6.07 Å². The molecule has 0 saturated heterocycles. The van der Waals surface area contributed by atoms with Gasteiger partial charge >= 0.3 is 5.97 Å². The van der Waals surface area contributed by atoms with Crippen LogP contribution in [-0.2, 0) is 27.8 Å². The van der Waals surface area contributed by atoms with E-state index in [1.807, 2.05) is 6.07 Å². The molecule has 0 atom stereocenters. The number of sulfonamides is 1. The molecule has 0 aliphatic carbocycles. The Morgan fingerprint density at radius 3 is 2.83 bits per heavy atom. The number of pyridine rings is 1. The highest BCUT2D eigenvalue weighted by Gasteiger charge is 2.26. The molecule has 0 spiro atoms. The molecule has 6 nitrogen and oxygen atoms in total. The smallest absolute Gasteiger partial charge is 0.338 e. The number of rotatable bonds is 4. The highest BCUT2D eigenvalue weighted by molar-refractivity contribution is 7.92. The van der Waals surface area contributed by atoms with Gasteiger partial charge in [0, 0.05) is 12.7 Å². The van der Waals surface area contributed by atoms with Crippen molar-refractivity contribution in [2.75, 3.05) is 17.1 Å². The number of esters is 1. The third kappa shape index (κ3) is 3.34. The summed E-state index contributed by atoms with van der Waals surface area (Å²) < 4.78 is 30.0. The molecule has 1 aliphatic heterocycles. The third-order valence-electron chi connectivity index (χ3n) is 3.65. The van der Waals surface area contributed by atoms with Crippen LogP contribution < -0.4 is 4.31 Å². The molecule has 0 bridgehead atoms. The number of aromatic nitrogens is 1. The Kier molecular flexibility index (Phi) is 4.04. The first-order chi connectivity index (χ1) is 10.9. The predicted octanol–water partition coefficient (Wildman–Crippen LogP) is 1.76. The lowest BCUT2D eigenvalue weighted by Gasteiger charge is -2.16.